The summed E-state index contributed by atoms with van der Waals surface area (Å²) in [6.07, 6.45) is 2.74. The third kappa shape index (κ3) is 5.47. The highest BCUT2D eigenvalue weighted by atomic mass is 32.2. The van der Waals surface area contributed by atoms with Crippen LogP contribution in [-0.2, 0) is 26.1 Å². The number of halogens is 2. The van der Waals surface area contributed by atoms with E-state index in [2.05, 4.69) is 5.32 Å². The molecular weight excluding hydrogens is 402 g/mol. The summed E-state index contributed by atoms with van der Waals surface area (Å²) in [7, 11) is -3.57. The first-order valence-electron chi connectivity index (χ1n) is 8.94. The summed E-state index contributed by atoms with van der Waals surface area (Å²) in [6.45, 7) is 1.22. The Hall–Kier alpha value is -2.62. The summed E-state index contributed by atoms with van der Waals surface area (Å²) in [5.74, 6) is -1.68. The molecule has 1 aliphatic rings. The highest BCUT2D eigenvalue weighted by Crippen LogP contribution is 2.18. The average molecular weight is 422 g/mol. The Bertz CT molecular complexity index is 1000. The standard InChI is InChI=1S/C20H20F2N2O4S/c21-17-4-7-19(22)16(13-17)14-23-20(25)8-3-15-1-5-18(6-2-15)29(26,27)24-9-11-28-12-10-24/h1-8,13H,9-12,14H2,(H,23,25)/b8-3+. The predicted octanol–water partition coefficient (Wildman–Crippen LogP) is 2.32. The molecule has 3 rings (SSSR count). The Labute approximate surface area is 167 Å². The summed E-state index contributed by atoms with van der Waals surface area (Å²) in [5.41, 5.74) is 0.669. The molecule has 0 saturated carbocycles. The number of rotatable bonds is 6. The number of benzene rings is 2. The molecule has 1 fully saturated rings. The molecule has 0 aromatic heterocycles. The lowest BCUT2D eigenvalue weighted by Crippen LogP contribution is -2.40. The Balaban J connectivity index is 1.59. The molecule has 29 heavy (non-hydrogen) atoms. The number of ether oxygens (including phenoxy) is 1. The molecule has 0 aliphatic carbocycles. The van der Waals surface area contributed by atoms with E-state index in [9.17, 15) is 22.0 Å². The minimum absolute atomic E-state index is 0.0458. The molecule has 1 saturated heterocycles. The van der Waals surface area contributed by atoms with Crippen LogP contribution in [-0.4, -0.2) is 44.9 Å². The lowest BCUT2D eigenvalue weighted by molar-refractivity contribution is -0.116. The molecule has 0 unspecified atom stereocenters. The fourth-order valence-corrected chi connectivity index (χ4v) is 4.19. The molecule has 0 atom stereocenters. The van der Waals surface area contributed by atoms with Gasteiger partial charge in [0, 0.05) is 31.3 Å². The average Bonchev–Trinajstić information content (AvgIpc) is 2.74. The first kappa shape index (κ1) is 21.1. The molecule has 1 aliphatic heterocycles. The maximum atomic E-state index is 13.5. The van der Waals surface area contributed by atoms with Crippen molar-refractivity contribution in [1.29, 1.82) is 0 Å². The fourth-order valence-electron chi connectivity index (χ4n) is 2.78. The van der Waals surface area contributed by atoms with Crippen molar-refractivity contribution >= 4 is 22.0 Å². The molecule has 1 amide bonds. The number of morpholine rings is 1. The minimum Gasteiger partial charge on any atom is -0.379 e. The first-order valence-corrected chi connectivity index (χ1v) is 10.4. The van der Waals surface area contributed by atoms with Gasteiger partial charge in [-0.3, -0.25) is 4.79 Å². The quantitative estimate of drug-likeness (QED) is 0.725. The molecule has 9 heteroatoms. The minimum atomic E-state index is -3.57. The van der Waals surface area contributed by atoms with Crippen LogP contribution in [0.25, 0.3) is 6.08 Å². The normalized spacial score (nSPS) is 15.5. The van der Waals surface area contributed by atoms with Crippen LogP contribution in [0.2, 0.25) is 0 Å². The summed E-state index contributed by atoms with van der Waals surface area (Å²) in [6, 6.07) is 9.15. The lowest BCUT2D eigenvalue weighted by Gasteiger charge is -2.26. The van der Waals surface area contributed by atoms with Gasteiger partial charge in [-0.15, -0.1) is 0 Å². The second kappa shape index (κ2) is 9.25. The third-order valence-corrected chi connectivity index (χ3v) is 6.29. The Morgan fingerprint density at radius 2 is 1.79 bits per heavy atom. The molecule has 0 radical (unpaired) electrons. The lowest BCUT2D eigenvalue weighted by atomic mass is 10.2. The second-order valence-electron chi connectivity index (χ2n) is 6.37. The number of nitrogens with one attached hydrogen (secondary N) is 1. The van der Waals surface area contributed by atoms with Gasteiger partial charge in [-0.1, -0.05) is 12.1 Å². The first-order chi connectivity index (χ1) is 13.9. The number of nitrogens with zero attached hydrogens (tertiary/aromatic N) is 1. The Morgan fingerprint density at radius 3 is 2.48 bits per heavy atom. The monoisotopic (exact) mass is 422 g/mol. The van der Waals surface area contributed by atoms with Gasteiger partial charge in [-0.05, 0) is 42.0 Å². The van der Waals surface area contributed by atoms with Gasteiger partial charge in [-0.25, -0.2) is 17.2 Å². The molecule has 0 bridgehead atoms. The van der Waals surface area contributed by atoms with Crippen molar-refractivity contribution in [3.05, 3.63) is 71.3 Å². The van der Waals surface area contributed by atoms with Crippen molar-refractivity contribution in [3.63, 3.8) is 0 Å². The van der Waals surface area contributed by atoms with Crippen molar-refractivity contribution in [2.45, 2.75) is 11.4 Å². The number of amides is 1. The number of sulfonamides is 1. The van der Waals surface area contributed by atoms with Crippen molar-refractivity contribution < 1.29 is 26.7 Å². The summed E-state index contributed by atoms with van der Waals surface area (Å²) < 4.78 is 58.4. The summed E-state index contributed by atoms with van der Waals surface area (Å²) >= 11 is 0. The zero-order valence-corrected chi connectivity index (χ0v) is 16.3. The van der Waals surface area contributed by atoms with Crippen LogP contribution in [0.3, 0.4) is 0 Å². The zero-order chi connectivity index (χ0) is 20.9. The van der Waals surface area contributed by atoms with E-state index in [1.807, 2.05) is 0 Å². The van der Waals surface area contributed by atoms with Crippen molar-refractivity contribution in [3.8, 4) is 0 Å². The molecule has 0 spiro atoms. The second-order valence-corrected chi connectivity index (χ2v) is 8.31. The van der Waals surface area contributed by atoms with E-state index in [0.29, 0.717) is 31.9 Å². The molecular formula is C20H20F2N2O4S. The Kier molecular flexibility index (Phi) is 6.73. The zero-order valence-electron chi connectivity index (χ0n) is 15.5. The number of hydrogen-bond acceptors (Lipinski definition) is 4. The van der Waals surface area contributed by atoms with E-state index in [1.165, 1.54) is 28.6 Å². The van der Waals surface area contributed by atoms with Crippen LogP contribution in [0.5, 0.6) is 0 Å². The number of carbonyl (C=O) groups is 1. The highest BCUT2D eigenvalue weighted by molar-refractivity contribution is 7.89. The topological polar surface area (TPSA) is 75.7 Å². The predicted molar refractivity (Wildman–Crippen MR) is 103 cm³/mol. The molecule has 2 aromatic carbocycles. The Morgan fingerprint density at radius 1 is 1.10 bits per heavy atom. The maximum absolute atomic E-state index is 13.5. The molecule has 2 aromatic rings. The van der Waals surface area contributed by atoms with Crippen LogP contribution < -0.4 is 5.32 Å². The van der Waals surface area contributed by atoms with Crippen LogP contribution in [0.4, 0.5) is 8.78 Å². The van der Waals surface area contributed by atoms with Gasteiger partial charge < -0.3 is 10.1 Å². The van der Waals surface area contributed by atoms with Crippen molar-refractivity contribution in [2.75, 3.05) is 26.3 Å². The molecule has 1 N–H and O–H groups in total. The van der Waals surface area contributed by atoms with Gasteiger partial charge in [0.05, 0.1) is 18.1 Å². The van der Waals surface area contributed by atoms with Crippen LogP contribution in [0, 0.1) is 11.6 Å². The van der Waals surface area contributed by atoms with Crippen molar-refractivity contribution in [1.82, 2.24) is 9.62 Å². The number of carbonyl (C=O) groups excluding carboxylic acids is 1. The van der Waals surface area contributed by atoms with Crippen LogP contribution >= 0.6 is 0 Å². The van der Waals surface area contributed by atoms with E-state index in [1.54, 1.807) is 12.1 Å². The van der Waals surface area contributed by atoms with Gasteiger partial charge in [0.2, 0.25) is 15.9 Å². The fraction of sp³-hybridized carbons (Fsp3) is 0.250. The third-order valence-electron chi connectivity index (χ3n) is 4.38. The maximum Gasteiger partial charge on any atom is 0.244 e. The van der Waals surface area contributed by atoms with Crippen LogP contribution in [0.1, 0.15) is 11.1 Å². The summed E-state index contributed by atoms with van der Waals surface area (Å²) in [5, 5.41) is 2.47. The molecule has 6 nitrogen and oxygen atoms in total. The van der Waals surface area contributed by atoms with Gasteiger partial charge in [0.1, 0.15) is 11.6 Å². The SMILES string of the molecule is O=C(/C=C/c1ccc(S(=O)(=O)N2CCOCC2)cc1)NCc1cc(F)ccc1F. The van der Waals surface area contributed by atoms with Gasteiger partial charge in [0.25, 0.3) is 0 Å². The van der Waals surface area contributed by atoms with E-state index >= 15 is 0 Å². The van der Waals surface area contributed by atoms with Gasteiger partial charge in [-0.2, -0.15) is 4.31 Å². The smallest absolute Gasteiger partial charge is 0.244 e. The molecule has 154 valence electrons. The largest absolute Gasteiger partial charge is 0.379 e. The van der Waals surface area contributed by atoms with E-state index in [4.69, 9.17) is 4.74 Å². The van der Waals surface area contributed by atoms with Gasteiger partial charge >= 0.3 is 0 Å². The van der Waals surface area contributed by atoms with E-state index < -0.39 is 27.6 Å². The highest BCUT2D eigenvalue weighted by Gasteiger charge is 2.25. The van der Waals surface area contributed by atoms with Gasteiger partial charge in [0.15, 0.2) is 0 Å². The summed E-state index contributed by atoms with van der Waals surface area (Å²) in [4.78, 5) is 12.1. The number of hydrogen-bond donors (Lipinski definition) is 1. The van der Waals surface area contributed by atoms with E-state index in [0.717, 1.165) is 18.2 Å². The molecule has 1 heterocycles. The van der Waals surface area contributed by atoms with E-state index in [-0.39, 0.29) is 17.0 Å². The van der Waals surface area contributed by atoms with Crippen LogP contribution in [0.15, 0.2) is 53.4 Å². The van der Waals surface area contributed by atoms with Crippen molar-refractivity contribution in [2.24, 2.45) is 0 Å².